The van der Waals surface area contributed by atoms with Crippen LogP contribution in [0.1, 0.15) is 38.7 Å². The van der Waals surface area contributed by atoms with Crippen molar-refractivity contribution in [1.82, 2.24) is 0 Å². The molecule has 0 aliphatic carbocycles. The molecular weight excluding hydrogens is 362 g/mol. The Morgan fingerprint density at radius 3 is 2.41 bits per heavy atom. The quantitative estimate of drug-likeness (QED) is 0.794. The number of carbonyl (C=O) groups excluding carboxylic acids is 2. The molecule has 2 aliphatic rings. The van der Waals surface area contributed by atoms with E-state index in [1.165, 1.54) is 18.5 Å². The molecule has 1 atom stereocenters. The molecular formula is C24H29N3O2. The van der Waals surface area contributed by atoms with Crippen LogP contribution in [0.15, 0.2) is 48.5 Å². The molecule has 2 amide bonds. The summed E-state index contributed by atoms with van der Waals surface area (Å²) in [6, 6.07) is 15.9. The van der Waals surface area contributed by atoms with Crippen LogP contribution in [-0.2, 0) is 16.0 Å². The highest BCUT2D eigenvalue weighted by Gasteiger charge is 2.31. The zero-order valence-electron chi connectivity index (χ0n) is 17.2. The number of para-hydroxylation sites is 1. The van der Waals surface area contributed by atoms with Gasteiger partial charge in [0.25, 0.3) is 0 Å². The first-order valence-electron chi connectivity index (χ1n) is 10.6. The molecule has 0 saturated carbocycles. The van der Waals surface area contributed by atoms with Gasteiger partial charge in [-0.2, -0.15) is 0 Å². The lowest BCUT2D eigenvalue weighted by molar-refractivity contribution is -0.125. The number of benzene rings is 2. The first kappa shape index (κ1) is 19.5. The van der Waals surface area contributed by atoms with Gasteiger partial charge in [0.05, 0.1) is 0 Å². The van der Waals surface area contributed by atoms with Gasteiger partial charge in [-0.15, -0.1) is 0 Å². The van der Waals surface area contributed by atoms with Gasteiger partial charge < -0.3 is 15.1 Å². The molecule has 1 saturated heterocycles. The number of rotatable bonds is 4. The van der Waals surface area contributed by atoms with E-state index in [2.05, 4.69) is 17.1 Å². The van der Waals surface area contributed by atoms with E-state index in [1.54, 1.807) is 4.90 Å². The van der Waals surface area contributed by atoms with Crippen molar-refractivity contribution < 1.29 is 9.59 Å². The lowest BCUT2D eigenvalue weighted by Crippen LogP contribution is -2.37. The molecule has 1 fully saturated rings. The summed E-state index contributed by atoms with van der Waals surface area (Å²) in [6.07, 6.45) is 3.13. The number of piperidine rings is 1. The third-order valence-electron chi connectivity index (χ3n) is 6.09. The van der Waals surface area contributed by atoms with Crippen LogP contribution in [0.3, 0.4) is 0 Å². The van der Waals surface area contributed by atoms with Crippen LogP contribution >= 0.6 is 0 Å². The second-order valence-electron chi connectivity index (χ2n) is 8.39. The van der Waals surface area contributed by atoms with Crippen LogP contribution in [0.4, 0.5) is 17.1 Å². The predicted octanol–water partition coefficient (Wildman–Crippen LogP) is 4.23. The largest absolute Gasteiger partial charge is 0.372 e. The van der Waals surface area contributed by atoms with Gasteiger partial charge in [0, 0.05) is 36.2 Å². The van der Waals surface area contributed by atoms with Crippen LogP contribution in [0.5, 0.6) is 0 Å². The van der Waals surface area contributed by atoms with Gasteiger partial charge in [-0.1, -0.05) is 25.1 Å². The average molecular weight is 392 g/mol. The van der Waals surface area contributed by atoms with Crippen molar-refractivity contribution in [2.75, 3.05) is 28.2 Å². The minimum Gasteiger partial charge on any atom is -0.372 e. The molecule has 2 aromatic carbocycles. The summed E-state index contributed by atoms with van der Waals surface area (Å²) in [5, 5.41) is 2.87. The lowest BCUT2D eigenvalue weighted by atomic mass is 9.99. The van der Waals surface area contributed by atoms with E-state index in [-0.39, 0.29) is 24.3 Å². The number of anilines is 3. The van der Waals surface area contributed by atoms with Gasteiger partial charge in [0.1, 0.15) is 6.42 Å². The van der Waals surface area contributed by atoms with Crippen molar-refractivity contribution >= 4 is 28.9 Å². The van der Waals surface area contributed by atoms with Crippen LogP contribution in [0.25, 0.3) is 0 Å². The predicted molar refractivity (Wildman–Crippen MR) is 117 cm³/mol. The van der Waals surface area contributed by atoms with Gasteiger partial charge in [-0.05, 0) is 68.0 Å². The molecule has 5 nitrogen and oxygen atoms in total. The van der Waals surface area contributed by atoms with Crippen molar-refractivity contribution in [2.24, 2.45) is 5.92 Å². The van der Waals surface area contributed by atoms with E-state index in [4.69, 9.17) is 0 Å². The van der Waals surface area contributed by atoms with Gasteiger partial charge in [0.2, 0.25) is 11.8 Å². The fourth-order valence-electron chi connectivity index (χ4n) is 4.40. The lowest BCUT2D eigenvalue weighted by Gasteiger charge is -2.32. The molecule has 29 heavy (non-hydrogen) atoms. The standard InChI is InChI=1S/C24H29N3O2/c1-17-11-13-26(14-12-17)21-9-7-20(8-10-21)25-23(28)16-24(29)27-18(2)15-19-5-3-4-6-22(19)27/h3-10,17-18H,11-16H2,1-2H3,(H,25,28). The number of carbonyl (C=O) groups is 2. The fraction of sp³-hybridized carbons (Fsp3) is 0.417. The zero-order chi connectivity index (χ0) is 20.4. The zero-order valence-corrected chi connectivity index (χ0v) is 17.2. The maximum atomic E-state index is 12.8. The summed E-state index contributed by atoms with van der Waals surface area (Å²) >= 11 is 0. The maximum absolute atomic E-state index is 12.8. The van der Waals surface area contributed by atoms with E-state index in [0.717, 1.165) is 42.4 Å². The third kappa shape index (κ3) is 4.29. The van der Waals surface area contributed by atoms with Crippen molar-refractivity contribution in [3.8, 4) is 0 Å². The van der Waals surface area contributed by atoms with E-state index < -0.39 is 0 Å². The van der Waals surface area contributed by atoms with Crippen LogP contribution in [0.2, 0.25) is 0 Å². The van der Waals surface area contributed by atoms with Gasteiger partial charge >= 0.3 is 0 Å². The Hall–Kier alpha value is -2.82. The molecule has 0 bridgehead atoms. The molecule has 1 unspecified atom stereocenters. The SMILES string of the molecule is CC1CCN(c2ccc(NC(=O)CC(=O)N3c4ccccc4CC3C)cc2)CC1. The highest BCUT2D eigenvalue weighted by atomic mass is 16.2. The molecule has 0 spiro atoms. The summed E-state index contributed by atoms with van der Waals surface area (Å²) in [4.78, 5) is 29.4. The van der Waals surface area contributed by atoms with Crippen LogP contribution in [0, 0.1) is 5.92 Å². The molecule has 2 heterocycles. The number of hydrogen-bond acceptors (Lipinski definition) is 3. The Bertz CT molecular complexity index is 885. The van der Waals surface area contributed by atoms with E-state index in [0.29, 0.717) is 0 Å². The van der Waals surface area contributed by atoms with E-state index in [1.807, 2.05) is 55.5 Å². The third-order valence-corrected chi connectivity index (χ3v) is 6.09. The second kappa shape index (κ2) is 8.27. The van der Waals surface area contributed by atoms with E-state index in [9.17, 15) is 9.59 Å². The average Bonchev–Trinajstić information content (AvgIpc) is 3.05. The summed E-state index contributed by atoms with van der Waals surface area (Å²) in [5.74, 6) is 0.373. The molecule has 2 aromatic rings. The Morgan fingerprint density at radius 2 is 1.69 bits per heavy atom. The normalized spacial score (nSPS) is 19.2. The molecule has 2 aliphatic heterocycles. The highest BCUT2D eigenvalue weighted by molar-refractivity contribution is 6.10. The monoisotopic (exact) mass is 391 g/mol. The van der Waals surface area contributed by atoms with Crippen molar-refractivity contribution in [1.29, 1.82) is 0 Å². The molecule has 0 aromatic heterocycles. The molecule has 4 rings (SSSR count). The van der Waals surface area contributed by atoms with Crippen molar-refractivity contribution in [2.45, 2.75) is 45.6 Å². The van der Waals surface area contributed by atoms with E-state index >= 15 is 0 Å². The van der Waals surface area contributed by atoms with Gasteiger partial charge in [-0.3, -0.25) is 9.59 Å². The smallest absolute Gasteiger partial charge is 0.236 e. The van der Waals surface area contributed by atoms with Crippen molar-refractivity contribution in [3.05, 3.63) is 54.1 Å². The van der Waals surface area contributed by atoms with Crippen LogP contribution < -0.4 is 15.1 Å². The molecule has 1 N–H and O–H groups in total. The molecule has 152 valence electrons. The van der Waals surface area contributed by atoms with Gasteiger partial charge in [-0.25, -0.2) is 0 Å². The number of nitrogens with zero attached hydrogens (tertiary/aromatic N) is 2. The Kier molecular flexibility index (Phi) is 5.56. The summed E-state index contributed by atoms with van der Waals surface area (Å²) in [6.45, 7) is 6.49. The first-order valence-corrected chi connectivity index (χ1v) is 10.6. The van der Waals surface area contributed by atoms with Gasteiger partial charge in [0.15, 0.2) is 0 Å². The number of hydrogen-bond donors (Lipinski definition) is 1. The number of nitrogens with one attached hydrogen (secondary N) is 1. The van der Waals surface area contributed by atoms with Crippen LogP contribution in [-0.4, -0.2) is 30.9 Å². The molecule has 0 radical (unpaired) electrons. The summed E-state index contributed by atoms with van der Waals surface area (Å²) < 4.78 is 0. The number of amides is 2. The Labute approximate surface area is 172 Å². The summed E-state index contributed by atoms with van der Waals surface area (Å²) in [5.41, 5.74) is 4.01. The molecule has 5 heteroatoms. The summed E-state index contributed by atoms with van der Waals surface area (Å²) in [7, 11) is 0. The fourth-order valence-corrected chi connectivity index (χ4v) is 4.40. The number of fused-ring (bicyclic) bond motifs is 1. The first-order chi connectivity index (χ1) is 14.0. The highest BCUT2D eigenvalue weighted by Crippen LogP contribution is 2.32. The minimum absolute atomic E-state index is 0.0826. The van der Waals surface area contributed by atoms with Crippen molar-refractivity contribution in [3.63, 3.8) is 0 Å². The minimum atomic E-state index is -0.272. The Balaban J connectivity index is 1.34. The maximum Gasteiger partial charge on any atom is 0.236 e. The topological polar surface area (TPSA) is 52.7 Å². The Morgan fingerprint density at radius 1 is 1.00 bits per heavy atom. The second-order valence-corrected chi connectivity index (χ2v) is 8.39.